The first kappa shape index (κ1) is 23.8. The van der Waals surface area contributed by atoms with Crippen molar-refractivity contribution in [2.24, 2.45) is 0 Å². The number of amides is 2. The van der Waals surface area contributed by atoms with Crippen LogP contribution in [0.2, 0.25) is 0 Å². The van der Waals surface area contributed by atoms with Crippen LogP contribution in [0.3, 0.4) is 0 Å². The zero-order chi connectivity index (χ0) is 25.6. The molecule has 2 unspecified atom stereocenters. The smallest absolute Gasteiger partial charge is 0.272 e. The fourth-order valence-electron chi connectivity index (χ4n) is 4.61. The van der Waals surface area contributed by atoms with Crippen molar-refractivity contribution in [1.29, 1.82) is 0 Å². The molecule has 0 aliphatic carbocycles. The van der Waals surface area contributed by atoms with Crippen molar-refractivity contribution in [2.45, 2.75) is 24.7 Å². The Morgan fingerprint density at radius 1 is 1.31 bits per heavy atom. The number of ether oxygens (including phenoxy) is 1. The highest BCUT2D eigenvalue weighted by atomic mass is 19.3. The van der Waals surface area contributed by atoms with Crippen LogP contribution in [-0.2, 0) is 11.3 Å². The van der Waals surface area contributed by atoms with Crippen LogP contribution in [0.5, 0.6) is 5.88 Å². The molecule has 5 heterocycles. The number of likely N-dealkylation sites (tertiary alicyclic amines) is 2. The molecule has 3 N–H and O–H groups in total. The predicted octanol–water partition coefficient (Wildman–Crippen LogP) is 0.741. The first-order chi connectivity index (χ1) is 17.2. The number of hydrogen-bond donors (Lipinski definition) is 2. The van der Waals surface area contributed by atoms with Crippen molar-refractivity contribution in [2.75, 3.05) is 39.0 Å². The van der Waals surface area contributed by atoms with E-state index in [4.69, 9.17) is 10.5 Å². The number of nitrogen functional groups attached to an aromatic ring is 1. The van der Waals surface area contributed by atoms with Gasteiger partial charge >= 0.3 is 0 Å². The molecule has 0 saturated carbocycles. The average molecular weight is 504 g/mol. The molecule has 36 heavy (non-hydrogen) atoms. The van der Waals surface area contributed by atoms with Gasteiger partial charge < -0.3 is 20.7 Å². The van der Waals surface area contributed by atoms with Crippen molar-refractivity contribution < 1.29 is 27.5 Å². The molecular formula is C22H23F3N8O3. The van der Waals surface area contributed by atoms with E-state index in [2.05, 4.69) is 20.4 Å². The molecule has 14 heteroatoms. The highest BCUT2D eigenvalue weighted by Gasteiger charge is 2.43. The number of carbonyl (C=O) groups excluding carboxylic acids is 2. The van der Waals surface area contributed by atoms with Crippen LogP contribution in [0.1, 0.15) is 15.9 Å². The Hall–Kier alpha value is -3.94. The number of alkyl halides is 3. The number of nitrogens with zero attached hydrogens (tertiary/aromatic N) is 6. The van der Waals surface area contributed by atoms with Gasteiger partial charge in [0.05, 0.1) is 38.5 Å². The van der Waals surface area contributed by atoms with Gasteiger partial charge in [0, 0.05) is 24.8 Å². The number of nitrogens with two attached hydrogens (primary N) is 1. The molecule has 2 saturated heterocycles. The van der Waals surface area contributed by atoms with Gasteiger partial charge in [-0.05, 0) is 17.7 Å². The Bertz CT molecular complexity index is 1330. The SMILES string of the molecule is COc1ncc(-c2cc(CN3CC(F)(F)C3)c3c(N)ncnn23)cc1C(=O)NC1CN(C=O)CC1F. The van der Waals surface area contributed by atoms with Gasteiger partial charge in [-0.2, -0.15) is 5.10 Å². The van der Waals surface area contributed by atoms with Crippen LogP contribution in [0.15, 0.2) is 24.7 Å². The Kier molecular flexibility index (Phi) is 5.90. The molecule has 2 aliphatic rings. The summed E-state index contributed by atoms with van der Waals surface area (Å²) < 4.78 is 47.8. The molecule has 2 aliphatic heterocycles. The second-order valence-electron chi connectivity index (χ2n) is 8.90. The number of anilines is 1. The highest BCUT2D eigenvalue weighted by molar-refractivity contribution is 5.98. The first-order valence-electron chi connectivity index (χ1n) is 11.1. The Labute approximate surface area is 203 Å². The number of halogens is 3. The molecule has 3 aromatic heterocycles. The van der Waals surface area contributed by atoms with E-state index in [0.717, 1.165) is 0 Å². The predicted molar refractivity (Wildman–Crippen MR) is 121 cm³/mol. The van der Waals surface area contributed by atoms with Gasteiger partial charge in [0.25, 0.3) is 11.8 Å². The van der Waals surface area contributed by atoms with Gasteiger partial charge in [-0.25, -0.2) is 27.7 Å². The van der Waals surface area contributed by atoms with E-state index in [1.54, 1.807) is 11.0 Å². The second kappa shape index (κ2) is 8.93. The maximum atomic E-state index is 14.3. The van der Waals surface area contributed by atoms with E-state index in [-0.39, 0.29) is 50.0 Å². The number of rotatable bonds is 7. The lowest BCUT2D eigenvalue weighted by Gasteiger charge is -2.38. The van der Waals surface area contributed by atoms with Crippen LogP contribution in [0, 0.1) is 0 Å². The maximum Gasteiger partial charge on any atom is 0.272 e. The topological polar surface area (TPSA) is 131 Å². The third kappa shape index (κ3) is 4.27. The summed E-state index contributed by atoms with van der Waals surface area (Å²) in [5, 5.41) is 6.86. The minimum absolute atomic E-state index is 0.0231. The zero-order valence-electron chi connectivity index (χ0n) is 19.2. The van der Waals surface area contributed by atoms with Crippen LogP contribution in [0.4, 0.5) is 19.0 Å². The quantitative estimate of drug-likeness (QED) is 0.451. The summed E-state index contributed by atoms with van der Waals surface area (Å²) in [6.45, 7) is -0.572. The molecule has 0 radical (unpaired) electrons. The van der Waals surface area contributed by atoms with E-state index in [1.807, 2.05) is 0 Å². The lowest BCUT2D eigenvalue weighted by molar-refractivity contribution is -0.133. The fraction of sp³-hybridized carbons (Fsp3) is 0.409. The van der Waals surface area contributed by atoms with E-state index >= 15 is 0 Å². The van der Waals surface area contributed by atoms with Crippen LogP contribution in [0.25, 0.3) is 16.8 Å². The van der Waals surface area contributed by atoms with E-state index in [1.165, 1.54) is 35.1 Å². The van der Waals surface area contributed by atoms with Gasteiger partial charge in [-0.15, -0.1) is 0 Å². The average Bonchev–Trinajstić information content (AvgIpc) is 3.38. The Morgan fingerprint density at radius 2 is 2.08 bits per heavy atom. The first-order valence-corrected chi connectivity index (χ1v) is 11.1. The largest absolute Gasteiger partial charge is 0.480 e. The van der Waals surface area contributed by atoms with E-state index in [0.29, 0.717) is 28.7 Å². The van der Waals surface area contributed by atoms with E-state index < -0.39 is 24.0 Å². The van der Waals surface area contributed by atoms with Gasteiger partial charge in [-0.1, -0.05) is 0 Å². The summed E-state index contributed by atoms with van der Waals surface area (Å²) in [6, 6.07) is 2.38. The normalized spacial score (nSPS) is 21.4. The number of aromatic nitrogens is 4. The zero-order valence-corrected chi connectivity index (χ0v) is 19.2. The van der Waals surface area contributed by atoms with Gasteiger partial charge in [0.1, 0.15) is 23.6 Å². The summed E-state index contributed by atoms with van der Waals surface area (Å²) in [5.41, 5.74) is 8.20. The number of pyridine rings is 1. The monoisotopic (exact) mass is 504 g/mol. The lowest BCUT2D eigenvalue weighted by Crippen LogP contribution is -2.55. The highest BCUT2D eigenvalue weighted by Crippen LogP contribution is 2.33. The lowest BCUT2D eigenvalue weighted by atomic mass is 10.1. The molecule has 11 nitrogen and oxygen atoms in total. The molecule has 2 fully saturated rings. The number of hydrogen-bond acceptors (Lipinski definition) is 8. The summed E-state index contributed by atoms with van der Waals surface area (Å²) in [5.74, 6) is -3.15. The molecule has 0 bridgehead atoms. The molecule has 190 valence electrons. The molecule has 2 atom stereocenters. The second-order valence-corrected chi connectivity index (χ2v) is 8.90. The standard InChI is InChI=1S/C22H23F3N8O3/c1-36-21-14(20(35)30-16-7-31(11-34)6-15(16)23)2-12(4-27-21)17-3-13(5-32-8-22(24,25)9-32)18-19(26)28-10-29-33(17)18/h2-4,10-11,15-16H,5-9H2,1H3,(H,30,35)(H2,26,28,29). The van der Waals surface area contributed by atoms with Gasteiger partial charge in [0.2, 0.25) is 12.3 Å². The molecule has 3 aromatic rings. The molecule has 2 amide bonds. The van der Waals surface area contributed by atoms with Crippen molar-refractivity contribution in [3.8, 4) is 17.1 Å². The Morgan fingerprint density at radius 3 is 2.75 bits per heavy atom. The van der Waals surface area contributed by atoms with Crippen molar-refractivity contribution in [3.63, 3.8) is 0 Å². The number of methoxy groups -OCH3 is 1. The maximum absolute atomic E-state index is 14.3. The Balaban J connectivity index is 1.48. The minimum Gasteiger partial charge on any atom is -0.480 e. The molecule has 0 aromatic carbocycles. The van der Waals surface area contributed by atoms with Crippen LogP contribution < -0.4 is 15.8 Å². The van der Waals surface area contributed by atoms with Crippen molar-refractivity contribution in [3.05, 3.63) is 35.8 Å². The van der Waals surface area contributed by atoms with Gasteiger partial charge in [-0.3, -0.25) is 14.5 Å². The summed E-state index contributed by atoms with van der Waals surface area (Å²) in [7, 11) is 1.35. The molecular weight excluding hydrogens is 481 g/mol. The molecule has 5 rings (SSSR count). The van der Waals surface area contributed by atoms with E-state index in [9.17, 15) is 22.8 Å². The summed E-state index contributed by atoms with van der Waals surface area (Å²) >= 11 is 0. The van der Waals surface area contributed by atoms with Crippen LogP contribution >= 0.6 is 0 Å². The number of carbonyl (C=O) groups is 2. The number of nitrogens with one attached hydrogen (secondary N) is 1. The third-order valence-electron chi connectivity index (χ3n) is 6.29. The van der Waals surface area contributed by atoms with Crippen LogP contribution in [-0.4, -0.2) is 93.1 Å². The third-order valence-corrected chi connectivity index (χ3v) is 6.29. The molecule has 0 spiro atoms. The summed E-state index contributed by atoms with van der Waals surface area (Å²) in [6.07, 6.45) is 1.86. The van der Waals surface area contributed by atoms with Gasteiger partial charge in [0.15, 0.2) is 5.82 Å². The van der Waals surface area contributed by atoms with Crippen molar-refractivity contribution in [1.82, 2.24) is 34.7 Å². The number of fused-ring (bicyclic) bond motifs is 1. The van der Waals surface area contributed by atoms with Crippen molar-refractivity contribution >= 4 is 23.7 Å². The summed E-state index contributed by atoms with van der Waals surface area (Å²) in [4.78, 5) is 35.1. The fourth-order valence-corrected chi connectivity index (χ4v) is 4.61. The minimum atomic E-state index is -2.72.